The highest BCUT2D eigenvalue weighted by Crippen LogP contribution is 2.25. The third-order valence-electron chi connectivity index (χ3n) is 4.75. The minimum Gasteiger partial charge on any atom is -0.490 e. The van der Waals surface area contributed by atoms with Crippen molar-refractivity contribution in [1.82, 2.24) is 13.9 Å². The molecule has 0 aliphatic carbocycles. The van der Waals surface area contributed by atoms with Crippen LogP contribution in [0.25, 0.3) is 11.1 Å². The summed E-state index contributed by atoms with van der Waals surface area (Å²) in [5.74, 6) is 0.214. The van der Waals surface area contributed by atoms with Crippen LogP contribution in [0.4, 0.5) is 0 Å². The van der Waals surface area contributed by atoms with Gasteiger partial charge in [-0.05, 0) is 43.2 Å². The lowest BCUT2D eigenvalue weighted by Crippen LogP contribution is -2.41. The van der Waals surface area contributed by atoms with Crippen LogP contribution < -0.4 is 10.5 Å². The molecule has 3 heterocycles. The smallest absolute Gasteiger partial charge is 0.419 e. The van der Waals surface area contributed by atoms with Gasteiger partial charge < -0.3 is 9.15 Å². The molecule has 9 heteroatoms. The topological polar surface area (TPSA) is 94.6 Å². The molecular formula is C18H19N3O5S. The molecule has 1 aliphatic rings. The molecule has 0 saturated carbocycles. The first kappa shape index (κ1) is 17.7. The molecule has 0 radical (unpaired) electrons. The number of pyridine rings is 1. The normalized spacial score (nSPS) is 16.6. The van der Waals surface area contributed by atoms with Crippen molar-refractivity contribution >= 4 is 21.1 Å². The molecule has 1 aliphatic heterocycles. The number of nitrogens with zero attached hydrogens (tertiary/aromatic N) is 3. The van der Waals surface area contributed by atoms with Crippen LogP contribution in [0.1, 0.15) is 12.8 Å². The van der Waals surface area contributed by atoms with Crippen molar-refractivity contribution in [2.24, 2.45) is 7.05 Å². The van der Waals surface area contributed by atoms with E-state index in [1.54, 1.807) is 31.6 Å². The summed E-state index contributed by atoms with van der Waals surface area (Å²) in [4.78, 5) is 15.7. The van der Waals surface area contributed by atoms with Crippen LogP contribution in [0.5, 0.6) is 5.75 Å². The Labute approximate surface area is 156 Å². The van der Waals surface area contributed by atoms with Gasteiger partial charge in [-0.1, -0.05) is 0 Å². The molecule has 2 aromatic heterocycles. The molecule has 1 saturated heterocycles. The fraction of sp³-hybridized carbons (Fsp3) is 0.333. The van der Waals surface area contributed by atoms with Gasteiger partial charge in [0.15, 0.2) is 5.58 Å². The van der Waals surface area contributed by atoms with Crippen molar-refractivity contribution in [3.05, 3.63) is 53.3 Å². The monoisotopic (exact) mass is 389 g/mol. The standard InChI is InChI=1S/C18H19N3O5S/c1-20-16-12-15(2-3-17(16)26-18(20)22)27(23,24)21-10-6-14(7-11-21)25-13-4-8-19-9-5-13/h2-5,8-9,12,14H,6-7,10-11H2,1H3. The van der Waals surface area contributed by atoms with Crippen LogP contribution in [0.3, 0.4) is 0 Å². The Kier molecular flexibility index (Phi) is 4.48. The Morgan fingerprint density at radius 2 is 1.85 bits per heavy atom. The Bertz CT molecular complexity index is 1110. The van der Waals surface area contributed by atoms with Gasteiger partial charge in [0.2, 0.25) is 10.0 Å². The number of benzene rings is 1. The Morgan fingerprint density at radius 1 is 1.15 bits per heavy atom. The molecule has 1 fully saturated rings. The van der Waals surface area contributed by atoms with E-state index in [-0.39, 0.29) is 11.0 Å². The highest BCUT2D eigenvalue weighted by molar-refractivity contribution is 7.89. The zero-order valence-electron chi connectivity index (χ0n) is 14.7. The van der Waals surface area contributed by atoms with Crippen molar-refractivity contribution in [2.45, 2.75) is 23.8 Å². The number of hydrogen-bond acceptors (Lipinski definition) is 6. The quantitative estimate of drug-likeness (QED) is 0.675. The van der Waals surface area contributed by atoms with E-state index < -0.39 is 15.8 Å². The Morgan fingerprint density at radius 3 is 2.56 bits per heavy atom. The van der Waals surface area contributed by atoms with E-state index in [2.05, 4.69) is 4.98 Å². The highest BCUT2D eigenvalue weighted by Gasteiger charge is 2.30. The molecule has 142 valence electrons. The van der Waals surface area contributed by atoms with E-state index in [1.807, 2.05) is 0 Å². The second-order valence-electron chi connectivity index (χ2n) is 6.46. The third-order valence-corrected chi connectivity index (χ3v) is 6.65. The van der Waals surface area contributed by atoms with E-state index in [4.69, 9.17) is 9.15 Å². The number of piperidine rings is 1. The van der Waals surface area contributed by atoms with Crippen molar-refractivity contribution in [1.29, 1.82) is 0 Å². The van der Waals surface area contributed by atoms with Gasteiger partial charge in [-0.15, -0.1) is 0 Å². The van der Waals surface area contributed by atoms with Gasteiger partial charge in [0.05, 0.1) is 10.4 Å². The number of ether oxygens (including phenoxy) is 1. The molecule has 0 N–H and O–H groups in total. The Hall–Kier alpha value is -2.65. The fourth-order valence-electron chi connectivity index (χ4n) is 3.22. The van der Waals surface area contributed by atoms with Crippen LogP contribution in [-0.2, 0) is 17.1 Å². The summed E-state index contributed by atoms with van der Waals surface area (Å²) in [6.45, 7) is 0.751. The van der Waals surface area contributed by atoms with Gasteiger partial charge in [-0.25, -0.2) is 13.2 Å². The molecule has 0 amide bonds. The van der Waals surface area contributed by atoms with Gasteiger partial charge >= 0.3 is 5.76 Å². The summed E-state index contributed by atoms with van der Waals surface area (Å²) < 4.78 is 39.6. The van der Waals surface area contributed by atoms with Crippen LogP contribution in [0.2, 0.25) is 0 Å². The molecule has 0 spiro atoms. The molecule has 3 aromatic rings. The zero-order valence-corrected chi connectivity index (χ0v) is 15.6. The van der Waals surface area contributed by atoms with Gasteiger partial charge in [0.25, 0.3) is 0 Å². The summed E-state index contributed by atoms with van der Waals surface area (Å²) >= 11 is 0. The van der Waals surface area contributed by atoms with Crippen molar-refractivity contribution in [3.63, 3.8) is 0 Å². The van der Waals surface area contributed by atoms with E-state index in [1.165, 1.54) is 27.1 Å². The second kappa shape index (κ2) is 6.82. The SMILES string of the molecule is Cn1c(=O)oc2ccc(S(=O)(=O)N3CCC(Oc4ccncc4)CC3)cc21. The summed E-state index contributed by atoms with van der Waals surface area (Å²) in [7, 11) is -2.10. The number of aryl methyl sites for hydroxylation is 1. The molecule has 0 bridgehead atoms. The molecule has 0 unspecified atom stereocenters. The first-order chi connectivity index (χ1) is 12.9. The predicted molar refractivity (Wildman–Crippen MR) is 98.1 cm³/mol. The minimum atomic E-state index is -3.65. The zero-order chi connectivity index (χ0) is 19.0. The van der Waals surface area contributed by atoms with Crippen LogP contribution >= 0.6 is 0 Å². The molecule has 8 nitrogen and oxygen atoms in total. The van der Waals surface area contributed by atoms with Gasteiger partial charge in [-0.2, -0.15) is 4.31 Å². The number of hydrogen-bond donors (Lipinski definition) is 0. The van der Waals surface area contributed by atoms with Crippen molar-refractivity contribution in [3.8, 4) is 5.75 Å². The average molecular weight is 389 g/mol. The lowest BCUT2D eigenvalue weighted by Gasteiger charge is -2.31. The maximum atomic E-state index is 13.0. The second-order valence-corrected chi connectivity index (χ2v) is 8.40. The number of oxazole rings is 1. The summed E-state index contributed by atoms with van der Waals surface area (Å²) in [6.07, 6.45) is 4.50. The highest BCUT2D eigenvalue weighted by atomic mass is 32.2. The number of rotatable bonds is 4. The minimum absolute atomic E-state index is 0.0315. The summed E-state index contributed by atoms with van der Waals surface area (Å²) in [5.41, 5.74) is 0.822. The van der Waals surface area contributed by atoms with Crippen molar-refractivity contribution in [2.75, 3.05) is 13.1 Å². The average Bonchev–Trinajstić information content (AvgIpc) is 2.97. The lowest BCUT2D eigenvalue weighted by molar-refractivity contribution is 0.135. The van der Waals surface area contributed by atoms with Gasteiger partial charge in [0.1, 0.15) is 11.9 Å². The Balaban J connectivity index is 1.50. The first-order valence-electron chi connectivity index (χ1n) is 8.61. The van der Waals surface area contributed by atoms with Gasteiger partial charge in [0, 0.05) is 32.5 Å². The predicted octanol–water partition coefficient (Wildman–Crippen LogP) is 1.76. The van der Waals surface area contributed by atoms with Gasteiger partial charge in [-0.3, -0.25) is 9.55 Å². The van der Waals surface area contributed by atoms with E-state index in [0.29, 0.717) is 37.0 Å². The van der Waals surface area contributed by atoms with Crippen LogP contribution in [-0.4, -0.2) is 41.5 Å². The fourth-order valence-corrected chi connectivity index (χ4v) is 4.71. The maximum absolute atomic E-state index is 13.0. The number of aromatic nitrogens is 2. The lowest BCUT2D eigenvalue weighted by atomic mass is 10.1. The molecule has 27 heavy (non-hydrogen) atoms. The number of sulfonamides is 1. The van der Waals surface area contributed by atoms with E-state index in [9.17, 15) is 13.2 Å². The molecule has 0 atom stereocenters. The van der Waals surface area contributed by atoms with E-state index in [0.717, 1.165) is 5.75 Å². The maximum Gasteiger partial charge on any atom is 0.419 e. The number of fused-ring (bicyclic) bond motifs is 1. The summed E-state index contributed by atoms with van der Waals surface area (Å²) in [6, 6.07) is 8.04. The third kappa shape index (κ3) is 3.35. The van der Waals surface area contributed by atoms with Crippen LogP contribution in [0, 0.1) is 0 Å². The van der Waals surface area contributed by atoms with Crippen molar-refractivity contribution < 1.29 is 17.6 Å². The summed E-state index contributed by atoms with van der Waals surface area (Å²) in [5, 5.41) is 0. The van der Waals surface area contributed by atoms with E-state index >= 15 is 0 Å². The molecule has 4 rings (SSSR count). The molecular weight excluding hydrogens is 370 g/mol. The molecule has 1 aromatic carbocycles. The largest absolute Gasteiger partial charge is 0.490 e. The van der Waals surface area contributed by atoms with Crippen LogP contribution in [0.15, 0.2) is 56.8 Å². The first-order valence-corrected chi connectivity index (χ1v) is 10.1.